The summed E-state index contributed by atoms with van der Waals surface area (Å²) in [4.78, 5) is 15.6. The van der Waals surface area contributed by atoms with Gasteiger partial charge in [-0.2, -0.15) is 0 Å². The van der Waals surface area contributed by atoms with Crippen LogP contribution in [0.1, 0.15) is 38.0 Å². The van der Waals surface area contributed by atoms with E-state index in [1.165, 1.54) is 6.42 Å². The van der Waals surface area contributed by atoms with Gasteiger partial charge in [0.25, 0.3) is 0 Å². The number of para-hydroxylation sites is 2. The highest BCUT2D eigenvalue weighted by atomic mass is 16.5. The van der Waals surface area contributed by atoms with Crippen LogP contribution in [0, 0.1) is 12.8 Å². The Morgan fingerprint density at radius 1 is 1.19 bits per heavy atom. The average Bonchev–Trinajstić information content (AvgIpc) is 2.75. The molecule has 2 aromatic carbocycles. The number of hydrogen-bond acceptors (Lipinski definition) is 6. The van der Waals surface area contributed by atoms with Crippen LogP contribution < -0.4 is 14.9 Å². The molecule has 0 spiro atoms. The summed E-state index contributed by atoms with van der Waals surface area (Å²) in [5.74, 6) is 2.27. The van der Waals surface area contributed by atoms with E-state index in [1.807, 2.05) is 19.1 Å². The van der Waals surface area contributed by atoms with Gasteiger partial charge in [-0.25, -0.2) is 0 Å². The van der Waals surface area contributed by atoms with Crippen molar-refractivity contribution in [2.24, 2.45) is 5.92 Å². The molecule has 1 fully saturated rings. The number of benzene rings is 2. The Balaban J connectivity index is 1.74. The molecule has 0 unspecified atom stereocenters. The first-order valence-corrected chi connectivity index (χ1v) is 10.9. The zero-order valence-corrected chi connectivity index (χ0v) is 18.3. The Hall–Kier alpha value is -2.99. The molecule has 1 saturated heterocycles. The maximum absolute atomic E-state index is 13.3. The molecule has 3 aromatic rings. The van der Waals surface area contributed by atoms with Gasteiger partial charge in [-0.3, -0.25) is 9.69 Å². The summed E-state index contributed by atoms with van der Waals surface area (Å²) in [7, 11) is 0. The first-order valence-electron chi connectivity index (χ1n) is 10.9. The Kier molecular flexibility index (Phi) is 6.18. The van der Waals surface area contributed by atoms with Crippen LogP contribution in [0.5, 0.6) is 23.0 Å². The standard InChI is InChI=1S/C25H29NO5/c1-4-29-21-9-5-6-10-22(21)31-24-17(3)30-25-18(23(24)28)11-12-20(27)19(25)15-26-13-7-8-16(2)14-26/h5-6,9-12,16,27H,4,7-8,13-15H2,1-3H3/t16-/m1/s1. The highest BCUT2D eigenvalue weighted by Crippen LogP contribution is 2.35. The van der Waals surface area contributed by atoms with E-state index in [1.54, 1.807) is 31.2 Å². The van der Waals surface area contributed by atoms with E-state index in [9.17, 15) is 9.90 Å². The summed E-state index contributed by atoms with van der Waals surface area (Å²) in [6, 6.07) is 10.4. The SMILES string of the molecule is CCOc1ccccc1Oc1c(C)oc2c(CN3CCC[C@@H](C)C3)c(O)ccc2c1=O. The Morgan fingerprint density at radius 3 is 2.71 bits per heavy atom. The number of fused-ring (bicyclic) bond motifs is 1. The third kappa shape index (κ3) is 4.39. The molecule has 31 heavy (non-hydrogen) atoms. The van der Waals surface area contributed by atoms with Gasteiger partial charge in [0, 0.05) is 13.1 Å². The van der Waals surface area contributed by atoms with E-state index >= 15 is 0 Å². The highest BCUT2D eigenvalue weighted by Gasteiger charge is 2.23. The van der Waals surface area contributed by atoms with Crippen molar-refractivity contribution < 1.29 is 19.0 Å². The number of phenolic OH excluding ortho intramolecular Hbond substituents is 1. The van der Waals surface area contributed by atoms with Crippen molar-refractivity contribution in [2.45, 2.75) is 40.2 Å². The maximum Gasteiger partial charge on any atom is 0.235 e. The fourth-order valence-electron chi connectivity index (χ4n) is 4.24. The van der Waals surface area contributed by atoms with Crippen molar-refractivity contribution in [2.75, 3.05) is 19.7 Å². The predicted molar refractivity (Wildman–Crippen MR) is 120 cm³/mol. The van der Waals surface area contributed by atoms with Crippen LogP contribution in [0.4, 0.5) is 0 Å². The van der Waals surface area contributed by atoms with Crippen LogP contribution in [-0.4, -0.2) is 29.7 Å². The number of hydrogen-bond donors (Lipinski definition) is 1. The van der Waals surface area contributed by atoms with E-state index in [4.69, 9.17) is 13.9 Å². The lowest BCUT2D eigenvalue weighted by Gasteiger charge is -2.31. The van der Waals surface area contributed by atoms with Crippen molar-refractivity contribution in [3.8, 4) is 23.0 Å². The molecule has 1 aliphatic rings. The van der Waals surface area contributed by atoms with E-state index < -0.39 is 0 Å². The second kappa shape index (κ2) is 9.02. The third-order valence-electron chi connectivity index (χ3n) is 5.75. The van der Waals surface area contributed by atoms with Crippen LogP contribution in [0.15, 0.2) is 45.6 Å². The van der Waals surface area contributed by atoms with Crippen molar-refractivity contribution in [3.05, 3.63) is 57.9 Å². The van der Waals surface area contributed by atoms with Crippen LogP contribution in [0.2, 0.25) is 0 Å². The number of aromatic hydroxyl groups is 1. The molecule has 6 heteroatoms. The molecule has 4 rings (SSSR count). The van der Waals surface area contributed by atoms with Crippen LogP contribution >= 0.6 is 0 Å². The lowest BCUT2D eigenvalue weighted by atomic mass is 9.99. The molecule has 6 nitrogen and oxygen atoms in total. The lowest BCUT2D eigenvalue weighted by molar-refractivity contribution is 0.175. The number of phenols is 1. The number of rotatable bonds is 6. The molecule has 1 N–H and O–H groups in total. The van der Waals surface area contributed by atoms with E-state index in [-0.39, 0.29) is 16.9 Å². The maximum atomic E-state index is 13.3. The van der Waals surface area contributed by atoms with Crippen LogP contribution in [0.25, 0.3) is 11.0 Å². The van der Waals surface area contributed by atoms with Gasteiger partial charge in [-0.1, -0.05) is 19.1 Å². The molecule has 1 atom stereocenters. The van der Waals surface area contributed by atoms with E-state index in [0.717, 1.165) is 19.5 Å². The number of ether oxygens (including phenoxy) is 2. The van der Waals surface area contributed by atoms with Gasteiger partial charge in [0.2, 0.25) is 11.2 Å². The second-order valence-corrected chi connectivity index (χ2v) is 8.22. The van der Waals surface area contributed by atoms with Gasteiger partial charge in [0.1, 0.15) is 17.1 Å². The number of piperidine rings is 1. The molecule has 1 aromatic heterocycles. The Bertz CT molecular complexity index is 1140. The molecule has 0 saturated carbocycles. The summed E-state index contributed by atoms with van der Waals surface area (Å²) in [6.45, 7) is 8.81. The van der Waals surface area contributed by atoms with Gasteiger partial charge in [0.15, 0.2) is 11.5 Å². The number of nitrogens with zero attached hydrogens (tertiary/aromatic N) is 1. The fourth-order valence-corrected chi connectivity index (χ4v) is 4.24. The minimum atomic E-state index is -0.265. The summed E-state index contributed by atoms with van der Waals surface area (Å²) in [5, 5.41) is 10.9. The van der Waals surface area contributed by atoms with Crippen molar-refractivity contribution >= 4 is 11.0 Å². The average molecular weight is 424 g/mol. The molecule has 0 bridgehead atoms. The van der Waals surface area contributed by atoms with Gasteiger partial charge >= 0.3 is 0 Å². The first-order chi connectivity index (χ1) is 15.0. The third-order valence-corrected chi connectivity index (χ3v) is 5.75. The Morgan fingerprint density at radius 2 is 1.97 bits per heavy atom. The van der Waals surface area contributed by atoms with Crippen molar-refractivity contribution in [1.82, 2.24) is 4.90 Å². The number of aryl methyl sites for hydroxylation is 1. The minimum Gasteiger partial charge on any atom is -0.507 e. The molecule has 0 aliphatic carbocycles. The molecule has 1 aliphatic heterocycles. The molecule has 2 heterocycles. The van der Waals surface area contributed by atoms with Crippen LogP contribution in [0.3, 0.4) is 0 Å². The summed E-state index contributed by atoms with van der Waals surface area (Å²) < 4.78 is 17.6. The summed E-state index contributed by atoms with van der Waals surface area (Å²) >= 11 is 0. The summed E-state index contributed by atoms with van der Waals surface area (Å²) in [5.41, 5.74) is 0.803. The molecule has 0 radical (unpaired) electrons. The van der Waals surface area contributed by atoms with E-state index in [0.29, 0.717) is 52.9 Å². The molecule has 164 valence electrons. The van der Waals surface area contributed by atoms with Gasteiger partial charge in [-0.15, -0.1) is 0 Å². The quantitative estimate of drug-likeness (QED) is 0.585. The fraction of sp³-hybridized carbons (Fsp3) is 0.400. The van der Waals surface area contributed by atoms with Gasteiger partial charge in [0.05, 0.1) is 17.6 Å². The molecular weight excluding hydrogens is 394 g/mol. The van der Waals surface area contributed by atoms with E-state index in [2.05, 4.69) is 11.8 Å². The zero-order chi connectivity index (χ0) is 22.0. The van der Waals surface area contributed by atoms with Crippen molar-refractivity contribution in [1.29, 1.82) is 0 Å². The molecule has 0 amide bonds. The molecular formula is C25H29NO5. The first kappa shape index (κ1) is 21.2. The predicted octanol–water partition coefficient (Wildman–Crippen LogP) is 5.23. The smallest absolute Gasteiger partial charge is 0.235 e. The van der Waals surface area contributed by atoms with Gasteiger partial charge < -0.3 is 19.0 Å². The number of likely N-dealkylation sites (tertiary alicyclic amines) is 1. The highest BCUT2D eigenvalue weighted by molar-refractivity contribution is 5.83. The summed E-state index contributed by atoms with van der Waals surface area (Å²) in [6.07, 6.45) is 2.35. The largest absolute Gasteiger partial charge is 0.507 e. The topological polar surface area (TPSA) is 72.1 Å². The minimum absolute atomic E-state index is 0.128. The second-order valence-electron chi connectivity index (χ2n) is 8.22. The van der Waals surface area contributed by atoms with Gasteiger partial charge in [-0.05, 0) is 63.4 Å². The normalized spacial score (nSPS) is 17.1. The monoisotopic (exact) mass is 423 g/mol. The van der Waals surface area contributed by atoms with Crippen molar-refractivity contribution in [3.63, 3.8) is 0 Å². The zero-order valence-electron chi connectivity index (χ0n) is 18.3. The Labute approximate surface area is 182 Å². The van der Waals surface area contributed by atoms with Crippen LogP contribution in [-0.2, 0) is 6.54 Å². The lowest BCUT2D eigenvalue weighted by Crippen LogP contribution is -2.33.